The van der Waals surface area contributed by atoms with Crippen LogP contribution in [-0.2, 0) is 10.8 Å². The van der Waals surface area contributed by atoms with Crippen molar-refractivity contribution >= 4 is 21.9 Å². The van der Waals surface area contributed by atoms with E-state index in [4.69, 9.17) is 19.4 Å². The highest BCUT2D eigenvalue weighted by atomic mass is 16.3. The minimum atomic E-state index is -0.244. The van der Waals surface area contributed by atoms with E-state index in [1.807, 2.05) is 24.3 Å². The van der Waals surface area contributed by atoms with Gasteiger partial charge in [-0.05, 0) is 73.8 Å². The number of furan rings is 1. The molecule has 0 bridgehead atoms. The fourth-order valence-electron chi connectivity index (χ4n) is 9.50. The summed E-state index contributed by atoms with van der Waals surface area (Å²) >= 11 is 0. The van der Waals surface area contributed by atoms with Crippen molar-refractivity contribution in [2.45, 2.75) is 38.5 Å². The van der Waals surface area contributed by atoms with Crippen molar-refractivity contribution in [1.82, 2.24) is 15.0 Å². The van der Waals surface area contributed by atoms with Crippen molar-refractivity contribution in [1.29, 1.82) is 0 Å². The SMILES string of the molecule is CC1(C)c2ccccc2-c2ccc(-c3nc(-c4ccccc4)nc(-c4ccc(-c5cccc6c5C(C)(C)c5c-6ccc6oc7ccccc7c56)cc4)n3)cc21. The number of nitrogens with zero attached hydrogens (tertiary/aromatic N) is 3. The van der Waals surface area contributed by atoms with Crippen LogP contribution in [0.1, 0.15) is 49.9 Å². The molecule has 4 nitrogen and oxygen atoms in total. The second-order valence-electron chi connectivity index (χ2n) is 16.0. The highest BCUT2D eigenvalue weighted by Crippen LogP contribution is 2.56. The second kappa shape index (κ2) is 11.4. The predicted octanol–water partition coefficient (Wildman–Crippen LogP) is 13.1. The van der Waals surface area contributed by atoms with Crippen molar-refractivity contribution in [2.24, 2.45) is 0 Å². The van der Waals surface area contributed by atoms with Gasteiger partial charge in [-0.2, -0.15) is 0 Å². The number of hydrogen-bond donors (Lipinski definition) is 0. The zero-order chi connectivity index (χ0) is 37.1. The summed E-state index contributed by atoms with van der Waals surface area (Å²) in [7, 11) is 0. The van der Waals surface area contributed by atoms with Crippen LogP contribution in [0.25, 0.3) is 89.5 Å². The summed E-state index contributed by atoms with van der Waals surface area (Å²) in [5.41, 5.74) is 17.2. The van der Waals surface area contributed by atoms with Crippen LogP contribution in [0.15, 0.2) is 156 Å². The van der Waals surface area contributed by atoms with Crippen molar-refractivity contribution in [3.05, 3.63) is 174 Å². The molecule has 0 amide bonds. The first-order valence-electron chi connectivity index (χ1n) is 19.0. The van der Waals surface area contributed by atoms with E-state index in [1.54, 1.807) is 0 Å². The first-order chi connectivity index (χ1) is 26.8. The number of para-hydroxylation sites is 1. The van der Waals surface area contributed by atoms with Crippen LogP contribution < -0.4 is 0 Å². The Balaban J connectivity index is 1.01. The summed E-state index contributed by atoms with van der Waals surface area (Å²) in [5, 5.41) is 2.38. The Hall–Kier alpha value is -6.65. The van der Waals surface area contributed by atoms with Crippen LogP contribution in [0.4, 0.5) is 0 Å². The van der Waals surface area contributed by atoms with E-state index in [2.05, 4.69) is 155 Å². The normalized spacial score (nSPS) is 14.5. The van der Waals surface area contributed by atoms with Gasteiger partial charge in [-0.25, -0.2) is 15.0 Å². The standard InChI is InChI=1S/C51H37N3O/c1-50(2)40-19-10-8-15-35(40)36-26-25-33(29-41(36)50)49-53-47(31-13-6-5-7-14-31)52-48(54-49)32-23-21-30(22-24-32)34-17-12-18-37-38-27-28-43-44(46(38)51(3,4)45(34)37)39-16-9-11-20-42(39)55-43/h5-29H,1-4H3. The average Bonchev–Trinajstić information content (AvgIpc) is 3.80. The minimum Gasteiger partial charge on any atom is -0.456 e. The second-order valence-corrected chi connectivity index (χ2v) is 16.0. The van der Waals surface area contributed by atoms with Crippen molar-refractivity contribution in [3.8, 4) is 67.5 Å². The first kappa shape index (κ1) is 31.8. The third kappa shape index (κ3) is 4.61. The number of hydrogen-bond acceptors (Lipinski definition) is 4. The maximum absolute atomic E-state index is 6.34. The molecule has 2 aromatic heterocycles. The van der Waals surface area contributed by atoms with Gasteiger partial charge in [0, 0.05) is 38.3 Å². The van der Waals surface area contributed by atoms with Crippen LogP contribution >= 0.6 is 0 Å². The molecular formula is C51H37N3O. The molecule has 0 fully saturated rings. The largest absolute Gasteiger partial charge is 0.456 e. The van der Waals surface area contributed by atoms with Gasteiger partial charge in [-0.1, -0.05) is 161 Å². The van der Waals surface area contributed by atoms with E-state index in [0.717, 1.165) is 33.4 Å². The minimum absolute atomic E-state index is 0.123. The molecule has 0 aliphatic heterocycles. The highest BCUT2D eigenvalue weighted by molar-refractivity contribution is 6.11. The maximum Gasteiger partial charge on any atom is 0.164 e. The lowest BCUT2D eigenvalue weighted by Gasteiger charge is -2.25. The quantitative estimate of drug-likeness (QED) is 0.183. The van der Waals surface area contributed by atoms with E-state index in [9.17, 15) is 0 Å². The van der Waals surface area contributed by atoms with Gasteiger partial charge in [0.25, 0.3) is 0 Å². The molecule has 0 saturated carbocycles. The van der Waals surface area contributed by atoms with Gasteiger partial charge in [0.2, 0.25) is 0 Å². The number of fused-ring (bicyclic) bond motifs is 10. The summed E-state index contributed by atoms with van der Waals surface area (Å²) < 4.78 is 6.34. The van der Waals surface area contributed by atoms with E-state index in [-0.39, 0.29) is 10.8 Å². The molecule has 2 aliphatic carbocycles. The van der Waals surface area contributed by atoms with Crippen LogP contribution in [0.2, 0.25) is 0 Å². The maximum atomic E-state index is 6.34. The zero-order valence-corrected chi connectivity index (χ0v) is 31.2. The Kier molecular flexibility index (Phi) is 6.61. The van der Waals surface area contributed by atoms with Gasteiger partial charge in [0.05, 0.1) is 0 Å². The zero-order valence-electron chi connectivity index (χ0n) is 31.2. The van der Waals surface area contributed by atoms with Gasteiger partial charge < -0.3 is 4.42 Å². The smallest absolute Gasteiger partial charge is 0.164 e. The van der Waals surface area contributed by atoms with Gasteiger partial charge in [0.1, 0.15) is 11.2 Å². The first-order valence-corrected chi connectivity index (χ1v) is 19.0. The highest BCUT2D eigenvalue weighted by Gasteiger charge is 2.40. The average molecular weight is 708 g/mol. The Morgan fingerprint density at radius 1 is 0.382 bits per heavy atom. The fraction of sp³-hybridized carbons (Fsp3) is 0.118. The third-order valence-electron chi connectivity index (χ3n) is 12.1. The van der Waals surface area contributed by atoms with Crippen LogP contribution in [0.3, 0.4) is 0 Å². The van der Waals surface area contributed by atoms with E-state index < -0.39 is 0 Å². The molecule has 0 spiro atoms. The summed E-state index contributed by atoms with van der Waals surface area (Å²) in [4.78, 5) is 15.3. The number of aromatic nitrogens is 3. The lowest BCUT2D eigenvalue weighted by Crippen LogP contribution is -2.16. The molecule has 0 unspecified atom stereocenters. The summed E-state index contributed by atoms with van der Waals surface area (Å²) in [6, 6.07) is 53.8. The van der Waals surface area contributed by atoms with Crippen LogP contribution in [0, 0.1) is 0 Å². The summed E-state index contributed by atoms with van der Waals surface area (Å²) in [5.74, 6) is 1.98. The van der Waals surface area contributed by atoms with Crippen molar-refractivity contribution < 1.29 is 4.42 Å². The summed E-state index contributed by atoms with van der Waals surface area (Å²) in [6.07, 6.45) is 0. The molecule has 0 radical (unpaired) electrons. The topological polar surface area (TPSA) is 51.8 Å². The molecule has 2 aliphatic rings. The van der Waals surface area contributed by atoms with Gasteiger partial charge in [0.15, 0.2) is 17.5 Å². The molecule has 7 aromatic carbocycles. The van der Waals surface area contributed by atoms with Gasteiger partial charge in [-0.15, -0.1) is 0 Å². The van der Waals surface area contributed by atoms with Crippen LogP contribution in [-0.4, -0.2) is 15.0 Å². The Labute approximate surface area is 320 Å². The number of benzene rings is 7. The van der Waals surface area contributed by atoms with Gasteiger partial charge in [-0.3, -0.25) is 0 Å². The molecular weight excluding hydrogens is 671 g/mol. The molecule has 262 valence electrons. The van der Waals surface area contributed by atoms with E-state index in [1.165, 1.54) is 60.8 Å². The molecule has 2 heterocycles. The van der Waals surface area contributed by atoms with Gasteiger partial charge >= 0.3 is 0 Å². The van der Waals surface area contributed by atoms with E-state index in [0.29, 0.717) is 17.5 Å². The molecule has 11 rings (SSSR count). The van der Waals surface area contributed by atoms with Crippen molar-refractivity contribution in [3.63, 3.8) is 0 Å². The summed E-state index contributed by atoms with van der Waals surface area (Å²) in [6.45, 7) is 9.32. The molecule has 0 saturated heterocycles. The number of rotatable bonds is 4. The Morgan fingerprint density at radius 2 is 0.945 bits per heavy atom. The Bertz CT molecular complexity index is 3030. The Morgan fingerprint density at radius 3 is 1.75 bits per heavy atom. The molecule has 0 atom stereocenters. The van der Waals surface area contributed by atoms with Crippen molar-refractivity contribution in [2.75, 3.05) is 0 Å². The monoisotopic (exact) mass is 707 g/mol. The fourth-order valence-corrected chi connectivity index (χ4v) is 9.50. The lowest BCUT2D eigenvalue weighted by molar-refractivity contribution is 0.658. The molecule has 55 heavy (non-hydrogen) atoms. The molecule has 0 N–H and O–H groups in total. The molecule has 9 aromatic rings. The molecule has 4 heteroatoms. The lowest BCUT2D eigenvalue weighted by atomic mass is 9.77. The van der Waals surface area contributed by atoms with Crippen LogP contribution in [0.5, 0.6) is 0 Å². The third-order valence-corrected chi connectivity index (χ3v) is 12.1. The van der Waals surface area contributed by atoms with E-state index >= 15 is 0 Å². The predicted molar refractivity (Wildman–Crippen MR) is 224 cm³/mol.